The van der Waals surface area contributed by atoms with Gasteiger partial charge in [-0.1, -0.05) is 42.0 Å². The van der Waals surface area contributed by atoms with Crippen molar-refractivity contribution in [2.24, 2.45) is 0 Å². The number of esters is 1. The Kier molecular flexibility index (Phi) is 5.64. The normalized spacial score (nSPS) is 17.0. The molecule has 8 heteroatoms. The molecule has 3 aromatic rings. The summed E-state index contributed by atoms with van der Waals surface area (Å²) in [5.74, 6) is -0.698. The fourth-order valence-corrected chi connectivity index (χ4v) is 5.50. The van der Waals surface area contributed by atoms with Gasteiger partial charge in [-0.05, 0) is 30.7 Å². The molecule has 4 rings (SSSR count). The van der Waals surface area contributed by atoms with E-state index < -0.39 is 22.0 Å². The minimum Gasteiger partial charge on any atom is -0.469 e. The summed E-state index contributed by atoms with van der Waals surface area (Å²) in [4.78, 5) is 26.4. The fraction of sp³-hybridized carbons (Fsp3) is 0.250. The largest absolute Gasteiger partial charge is 0.469 e. The van der Waals surface area contributed by atoms with Crippen molar-refractivity contribution in [1.82, 2.24) is 8.87 Å². The minimum atomic E-state index is -3.91. The van der Waals surface area contributed by atoms with Crippen LogP contribution in [0.25, 0.3) is 17.0 Å². The van der Waals surface area contributed by atoms with Gasteiger partial charge >= 0.3 is 5.97 Å². The Morgan fingerprint density at radius 1 is 1.12 bits per heavy atom. The average Bonchev–Trinajstić information content (AvgIpc) is 3.15. The molecule has 32 heavy (non-hydrogen) atoms. The molecule has 0 saturated heterocycles. The SMILES string of the molecule is COC(=O)CC1c2cn(S(=O)(=O)c3ccc(C)cc3)c3cccc(c23)/C=C\CN1C(C)=O. The summed E-state index contributed by atoms with van der Waals surface area (Å²) in [6.45, 7) is 3.62. The molecule has 166 valence electrons. The summed E-state index contributed by atoms with van der Waals surface area (Å²) in [6.07, 6.45) is 5.17. The van der Waals surface area contributed by atoms with Gasteiger partial charge in [0.1, 0.15) is 0 Å². The van der Waals surface area contributed by atoms with Crippen LogP contribution in [0.1, 0.15) is 36.1 Å². The molecule has 2 aromatic carbocycles. The Balaban J connectivity index is 2.00. The summed E-state index contributed by atoms with van der Waals surface area (Å²) in [7, 11) is -2.62. The highest BCUT2D eigenvalue weighted by molar-refractivity contribution is 7.90. The van der Waals surface area contributed by atoms with Crippen LogP contribution in [0, 0.1) is 6.92 Å². The summed E-state index contributed by atoms with van der Waals surface area (Å²) in [5, 5.41) is 0.694. The molecule has 0 spiro atoms. The first-order valence-electron chi connectivity index (χ1n) is 10.2. The third-order valence-electron chi connectivity index (χ3n) is 5.76. The van der Waals surface area contributed by atoms with Crippen LogP contribution in [0.3, 0.4) is 0 Å². The minimum absolute atomic E-state index is 0.0814. The van der Waals surface area contributed by atoms with Crippen LogP contribution in [0.2, 0.25) is 0 Å². The molecular weight excluding hydrogens is 428 g/mol. The number of aryl methyl sites for hydroxylation is 1. The molecule has 0 saturated carbocycles. The van der Waals surface area contributed by atoms with Crippen molar-refractivity contribution in [3.05, 3.63) is 71.4 Å². The molecule has 2 heterocycles. The molecule has 0 bridgehead atoms. The van der Waals surface area contributed by atoms with Crippen molar-refractivity contribution >= 4 is 38.9 Å². The standard InChI is InChI=1S/C24H24N2O5S/c1-16-9-11-19(12-10-16)32(29,30)26-15-20-22(14-23(28)31-3)25(17(2)27)13-5-7-18-6-4-8-21(26)24(18)20/h4-12,15,22H,13-14H2,1-3H3/b7-5-. The zero-order chi connectivity index (χ0) is 23.0. The van der Waals surface area contributed by atoms with E-state index in [1.807, 2.05) is 25.1 Å². The van der Waals surface area contributed by atoms with Gasteiger partial charge in [0.05, 0.1) is 30.0 Å². The van der Waals surface area contributed by atoms with E-state index in [9.17, 15) is 18.0 Å². The number of carbonyl (C=O) groups is 2. The Morgan fingerprint density at radius 2 is 1.84 bits per heavy atom. The van der Waals surface area contributed by atoms with Crippen molar-refractivity contribution in [3.63, 3.8) is 0 Å². The smallest absolute Gasteiger partial charge is 0.307 e. The first-order chi connectivity index (χ1) is 15.2. The second-order valence-corrected chi connectivity index (χ2v) is 9.62. The first-order valence-corrected chi connectivity index (χ1v) is 11.6. The Morgan fingerprint density at radius 3 is 2.50 bits per heavy atom. The molecule has 1 aliphatic heterocycles. The van der Waals surface area contributed by atoms with Crippen LogP contribution in [0.5, 0.6) is 0 Å². The Hall–Kier alpha value is -3.39. The lowest BCUT2D eigenvalue weighted by Crippen LogP contribution is -2.35. The highest BCUT2D eigenvalue weighted by atomic mass is 32.2. The van der Waals surface area contributed by atoms with E-state index in [1.54, 1.807) is 41.3 Å². The van der Waals surface area contributed by atoms with E-state index in [0.717, 1.165) is 11.1 Å². The van der Waals surface area contributed by atoms with Gasteiger partial charge in [-0.15, -0.1) is 0 Å². The van der Waals surface area contributed by atoms with Gasteiger partial charge in [0.25, 0.3) is 10.0 Å². The predicted molar refractivity (Wildman–Crippen MR) is 121 cm³/mol. The number of rotatable bonds is 4. The van der Waals surface area contributed by atoms with Gasteiger partial charge in [0.15, 0.2) is 0 Å². The van der Waals surface area contributed by atoms with E-state index in [0.29, 0.717) is 23.0 Å². The number of amides is 1. The number of hydrogen-bond donors (Lipinski definition) is 0. The van der Waals surface area contributed by atoms with Gasteiger partial charge < -0.3 is 9.64 Å². The molecular formula is C24H24N2O5S. The zero-order valence-electron chi connectivity index (χ0n) is 18.1. The highest BCUT2D eigenvalue weighted by Crippen LogP contribution is 2.38. The van der Waals surface area contributed by atoms with Crippen molar-refractivity contribution < 1.29 is 22.7 Å². The average molecular weight is 453 g/mol. The molecule has 0 radical (unpaired) electrons. The van der Waals surface area contributed by atoms with Crippen molar-refractivity contribution in [2.75, 3.05) is 13.7 Å². The molecule has 1 unspecified atom stereocenters. The van der Waals surface area contributed by atoms with E-state index in [1.165, 1.54) is 24.2 Å². The monoisotopic (exact) mass is 452 g/mol. The number of hydrogen-bond acceptors (Lipinski definition) is 5. The second-order valence-electron chi connectivity index (χ2n) is 7.81. The second kappa shape index (κ2) is 8.27. The first kappa shape index (κ1) is 21.8. The summed E-state index contributed by atoms with van der Waals surface area (Å²) in [5.41, 5.74) is 2.86. The lowest BCUT2D eigenvalue weighted by molar-refractivity contribution is -0.143. The number of carbonyl (C=O) groups excluding carboxylic acids is 2. The number of methoxy groups -OCH3 is 1. The van der Waals surface area contributed by atoms with Crippen molar-refractivity contribution in [1.29, 1.82) is 0 Å². The van der Waals surface area contributed by atoms with E-state index >= 15 is 0 Å². The molecule has 1 amide bonds. The van der Waals surface area contributed by atoms with Crippen LogP contribution in [0.15, 0.2) is 59.6 Å². The van der Waals surface area contributed by atoms with Gasteiger partial charge in [-0.2, -0.15) is 0 Å². The molecule has 1 aromatic heterocycles. The molecule has 1 aliphatic rings. The molecule has 1 atom stereocenters. The number of aromatic nitrogens is 1. The van der Waals surface area contributed by atoms with Crippen LogP contribution in [-0.2, 0) is 24.3 Å². The Labute approximate surface area is 187 Å². The lowest BCUT2D eigenvalue weighted by Gasteiger charge is -2.30. The van der Waals surface area contributed by atoms with Crippen LogP contribution < -0.4 is 0 Å². The quantitative estimate of drug-likeness (QED) is 0.564. The molecule has 0 N–H and O–H groups in total. The molecule has 0 fully saturated rings. The molecule has 0 aliphatic carbocycles. The van der Waals surface area contributed by atoms with E-state index in [4.69, 9.17) is 4.74 Å². The van der Waals surface area contributed by atoms with Gasteiger partial charge in [-0.25, -0.2) is 12.4 Å². The topological polar surface area (TPSA) is 85.7 Å². The zero-order valence-corrected chi connectivity index (χ0v) is 18.9. The third-order valence-corrected chi connectivity index (χ3v) is 7.45. The fourth-order valence-electron chi connectivity index (χ4n) is 4.13. The highest BCUT2D eigenvalue weighted by Gasteiger charge is 2.32. The maximum Gasteiger partial charge on any atom is 0.307 e. The van der Waals surface area contributed by atoms with Crippen molar-refractivity contribution in [3.8, 4) is 0 Å². The summed E-state index contributed by atoms with van der Waals surface area (Å²) < 4.78 is 33.2. The summed E-state index contributed by atoms with van der Waals surface area (Å²) in [6, 6.07) is 11.4. The predicted octanol–water partition coefficient (Wildman–Crippen LogP) is 3.67. The molecule has 7 nitrogen and oxygen atoms in total. The van der Waals surface area contributed by atoms with E-state index in [2.05, 4.69) is 0 Å². The maximum absolute atomic E-state index is 13.6. The van der Waals surface area contributed by atoms with Crippen LogP contribution in [-0.4, -0.2) is 42.8 Å². The van der Waals surface area contributed by atoms with E-state index in [-0.39, 0.29) is 17.2 Å². The maximum atomic E-state index is 13.6. The summed E-state index contributed by atoms with van der Waals surface area (Å²) >= 11 is 0. The van der Waals surface area contributed by atoms with Crippen molar-refractivity contribution in [2.45, 2.75) is 31.2 Å². The number of nitrogens with zero attached hydrogens (tertiary/aromatic N) is 2. The number of benzene rings is 2. The Bertz CT molecular complexity index is 1340. The van der Waals surface area contributed by atoms with Gasteiger partial charge in [0.2, 0.25) is 5.91 Å². The van der Waals surface area contributed by atoms with Crippen LogP contribution >= 0.6 is 0 Å². The van der Waals surface area contributed by atoms with Gasteiger partial charge in [0, 0.05) is 30.6 Å². The third kappa shape index (κ3) is 3.71. The van der Waals surface area contributed by atoms with Crippen LogP contribution in [0.4, 0.5) is 0 Å². The number of ether oxygens (including phenoxy) is 1. The lowest BCUT2D eigenvalue weighted by atomic mass is 9.96. The van der Waals surface area contributed by atoms with Gasteiger partial charge in [-0.3, -0.25) is 9.59 Å².